The zero-order valence-electron chi connectivity index (χ0n) is 19.1. The molecule has 2 N–H and O–H groups in total. The van der Waals surface area contributed by atoms with E-state index >= 15 is 0 Å². The highest BCUT2D eigenvalue weighted by atomic mass is 16.2. The van der Waals surface area contributed by atoms with Gasteiger partial charge in [-0.3, -0.25) is 14.8 Å². The fraction of sp³-hybridized carbons (Fsp3) is 0.259. The van der Waals surface area contributed by atoms with Crippen molar-refractivity contribution >= 4 is 22.4 Å². The number of benzene rings is 1. The van der Waals surface area contributed by atoms with Crippen LogP contribution in [-0.4, -0.2) is 56.9 Å². The van der Waals surface area contributed by atoms with Gasteiger partial charge in [0.1, 0.15) is 0 Å². The summed E-state index contributed by atoms with van der Waals surface area (Å²) in [7, 11) is 0. The third-order valence-electron chi connectivity index (χ3n) is 6.76. The average Bonchev–Trinajstić information content (AvgIpc) is 3.32. The molecule has 0 spiro atoms. The molecule has 4 aromatic rings. The van der Waals surface area contributed by atoms with E-state index in [0.717, 1.165) is 70.9 Å². The Morgan fingerprint density at radius 1 is 1.09 bits per heavy atom. The van der Waals surface area contributed by atoms with Gasteiger partial charge >= 0.3 is 0 Å². The largest absolute Gasteiger partial charge is 0.343 e. The summed E-state index contributed by atoms with van der Waals surface area (Å²) in [4.78, 5) is 31.7. The Kier molecular flexibility index (Phi) is 5.19. The first-order valence-corrected chi connectivity index (χ1v) is 11.7. The summed E-state index contributed by atoms with van der Waals surface area (Å²) >= 11 is 0. The number of rotatable bonds is 4. The van der Waals surface area contributed by atoms with Crippen LogP contribution in [0.1, 0.15) is 17.7 Å². The second kappa shape index (κ2) is 8.50. The number of amides is 1. The number of aromatic amines is 1. The first-order chi connectivity index (χ1) is 16.7. The second-order valence-electron chi connectivity index (χ2n) is 9.04. The normalized spacial score (nSPS) is 16.4. The van der Waals surface area contributed by atoms with Gasteiger partial charge in [0.15, 0.2) is 0 Å². The van der Waals surface area contributed by atoms with Gasteiger partial charge in [-0.15, -0.1) is 0 Å². The Morgan fingerprint density at radius 2 is 1.97 bits per heavy atom. The van der Waals surface area contributed by atoms with Gasteiger partial charge in [-0.1, -0.05) is 18.2 Å². The van der Waals surface area contributed by atoms with Crippen LogP contribution in [0.5, 0.6) is 0 Å². The molecular formula is C27H26N6O. The molecule has 5 heterocycles. The predicted octanol–water partition coefficient (Wildman–Crippen LogP) is 3.83. The lowest BCUT2D eigenvalue weighted by Crippen LogP contribution is -2.52. The molecule has 0 atom stereocenters. The van der Waals surface area contributed by atoms with E-state index in [0.29, 0.717) is 6.54 Å². The number of carbonyl (C=O) groups excluding carboxylic acids is 1. The van der Waals surface area contributed by atoms with Gasteiger partial charge in [0.2, 0.25) is 5.91 Å². The van der Waals surface area contributed by atoms with E-state index in [1.54, 1.807) is 6.33 Å². The number of aromatic nitrogens is 4. The first kappa shape index (κ1) is 20.7. The molecule has 2 aliphatic rings. The van der Waals surface area contributed by atoms with Crippen molar-refractivity contribution in [3.63, 3.8) is 0 Å². The number of aryl methyl sites for hydroxylation is 1. The molecule has 1 fully saturated rings. The summed E-state index contributed by atoms with van der Waals surface area (Å²) in [6.07, 6.45) is 6.68. The van der Waals surface area contributed by atoms with Crippen LogP contribution in [0.15, 0.2) is 61.1 Å². The molecule has 1 aromatic carbocycles. The summed E-state index contributed by atoms with van der Waals surface area (Å²) in [5, 5.41) is 4.25. The molecule has 2 aliphatic heterocycles. The van der Waals surface area contributed by atoms with Crippen LogP contribution in [0.3, 0.4) is 0 Å². The second-order valence-corrected chi connectivity index (χ2v) is 9.04. The van der Waals surface area contributed by atoms with E-state index in [2.05, 4.69) is 44.5 Å². The quantitative estimate of drug-likeness (QED) is 0.494. The van der Waals surface area contributed by atoms with Crippen molar-refractivity contribution in [3.8, 4) is 22.6 Å². The van der Waals surface area contributed by atoms with E-state index in [9.17, 15) is 4.79 Å². The molecule has 0 bridgehead atoms. The van der Waals surface area contributed by atoms with Crippen molar-refractivity contribution in [2.75, 3.05) is 26.2 Å². The van der Waals surface area contributed by atoms with Crippen molar-refractivity contribution in [1.29, 1.82) is 0 Å². The Morgan fingerprint density at radius 3 is 2.74 bits per heavy atom. The molecule has 0 radical (unpaired) electrons. The Bertz CT molecular complexity index is 1420. The third-order valence-corrected chi connectivity index (χ3v) is 6.76. The molecule has 1 saturated heterocycles. The third kappa shape index (κ3) is 3.78. The molecule has 7 heteroatoms. The smallest absolute Gasteiger partial charge is 0.228 e. The van der Waals surface area contributed by atoms with Crippen molar-refractivity contribution < 1.29 is 4.79 Å². The number of hydrogen-bond acceptors (Lipinski definition) is 5. The molecule has 0 saturated carbocycles. The number of nitrogens with one attached hydrogen (secondary N) is 2. The fourth-order valence-corrected chi connectivity index (χ4v) is 4.70. The fourth-order valence-electron chi connectivity index (χ4n) is 4.70. The maximum absolute atomic E-state index is 12.5. The maximum atomic E-state index is 12.5. The lowest BCUT2D eigenvalue weighted by molar-refractivity contribution is -0.136. The molecular weight excluding hydrogens is 424 g/mol. The van der Waals surface area contributed by atoms with E-state index in [1.807, 2.05) is 42.3 Å². The molecule has 34 heavy (non-hydrogen) atoms. The number of hydrogen-bond donors (Lipinski definition) is 2. The van der Waals surface area contributed by atoms with E-state index in [4.69, 9.17) is 4.98 Å². The van der Waals surface area contributed by atoms with Gasteiger partial charge in [-0.25, -0.2) is 4.98 Å². The number of nitrogens with zero attached hydrogens (tertiary/aromatic N) is 4. The van der Waals surface area contributed by atoms with Crippen molar-refractivity contribution in [2.24, 2.45) is 5.92 Å². The number of imidazole rings is 1. The van der Waals surface area contributed by atoms with Gasteiger partial charge in [0, 0.05) is 49.0 Å². The minimum absolute atomic E-state index is 0.151. The van der Waals surface area contributed by atoms with Crippen LogP contribution in [0.25, 0.3) is 39.1 Å². The lowest BCUT2D eigenvalue weighted by Gasteiger charge is -2.34. The summed E-state index contributed by atoms with van der Waals surface area (Å²) < 4.78 is 0. The molecule has 7 nitrogen and oxygen atoms in total. The SMILES string of the molecule is Cc1cccc(-c2[nH]cnc2-c2ccc3ncc(C4=CCN(C(=O)C5CNC5)CC4)cc3c2)n1. The number of fused-ring (bicyclic) bond motifs is 1. The Hall–Kier alpha value is -3.84. The van der Waals surface area contributed by atoms with Gasteiger partial charge in [-0.2, -0.15) is 0 Å². The minimum Gasteiger partial charge on any atom is -0.343 e. The molecule has 6 rings (SSSR count). The first-order valence-electron chi connectivity index (χ1n) is 11.7. The zero-order chi connectivity index (χ0) is 23.1. The van der Waals surface area contributed by atoms with E-state index in [-0.39, 0.29) is 11.8 Å². The Labute approximate surface area is 198 Å². The average molecular weight is 451 g/mol. The van der Waals surface area contributed by atoms with E-state index < -0.39 is 0 Å². The van der Waals surface area contributed by atoms with Crippen LogP contribution in [0.4, 0.5) is 0 Å². The summed E-state index contributed by atoms with van der Waals surface area (Å²) in [5.41, 5.74) is 7.97. The van der Waals surface area contributed by atoms with E-state index in [1.165, 1.54) is 5.57 Å². The zero-order valence-corrected chi connectivity index (χ0v) is 19.1. The molecule has 0 aliphatic carbocycles. The highest BCUT2D eigenvalue weighted by molar-refractivity contribution is 5.89. The predicted molar refractivity (Wildman–Crippen MR) is 133 cm³/mol. The molecule has 1 amide bonds. The standard InChI is InChI=1S/C27H26N6O/c1-17-3-2-4-24(32-17)26-25(30-16-31-26)19-5-6-23-20(11-19)12-21(15-29-23)18-7-9-33(10-8-18)27(34)22-13-28-14-22/h2-7,11-12,15-16,22,28H,8-10,13-14H2,1H3,(H,30,31). The summed E-state index contributed by atoms with van der Waals surface area (Å²) in [5.74, 6) is 0.422. The van der Waals surface area contributed by atoms with Crippen molar-refractivity contribution in [2.45, 2.75) is 13.3 Å². The van der Waals surface area contributed by atoms with Crippen LogP contribution >= 0.6 is 0 Å². The minimum atomic E-state index is 0.151. The Balaban J connectivity index is 1.29. The topological polar surface area (TPSA) is 86.8 Å². The van der Waals surface area contributed by atoms with Crippen LogP contribution < -0.4 is 5.32 Å². The highest BCUT2D eigenvalue weighted by Gasteiger charge is 2.30. The van der Waals surface area contributed by atoms with Gasteiger partial charge in [-0.05, 0) is 54.8 Å². The van der Waals surface area contributed by atoms with Crippen molar-refractivity contribution in [1.82, 2.24) is 30.2 Å². The number of carbonyl (C=O) groups is 1. The molecule has 3 aromatic heterocycles. The van der Waals surface area contributed by atoms with Crippen LogP contribution in [0, 0.1) is 12.8 Å². The number of H-pyrrole nitrogens is 1. The van der Waals surface area contributed by atoms with Crippen molar-refractivity contribution in [3.05, 3.63) is 72.3 Å². The lowest BCUT2D eigenvalue weighted by atomic mass is 9.96. The van der Waals surface area contributed by atoms with Crippen LogP contribution in [0.2, 0.25) is 0 Å². The van der Waals surface area contributed by atoms with Gasteiger partial charge < -0.3 is 15.2 Å². The summed E-state index contributed by atoms with van der Waals surface area (Å²) in [6.45, 7) is 5.03. The highest BCUT2D eigenvalue weighted by Crippen LogP contribution is 2.31. The molecule has 0 unspecified atom stereocenters. The summed E-state index contributed by atoms with van der Waals surface area (Å²) in [6, 6.07) is 14.4. The molecule has 170 valence electrons. The maximum Gasteiger partial charge on any atom is 0.228 e. The van der Waals surface area contributed by atoms with Crippen LogP contribution in [-0.2, 0) is 4.79 Å². The van der Waals surface area contributed by atoms with Gasteiger partial charge in [0.05, 0.1) is 34.8 Å². The van der Waals surface area contributed by atoms with Gasteiger partial charge in [0.25, 0.3) is 0 Å². The number of pyridine rings is 2. The monoisotopic (exact) mass is 450 g/mol.